The molecule has 1 N–H and O–H groups in total. The normalized spacial score (nSPS) is 13.2. The van der Waals surface area contributed by atoms with Crippen molar-refractivity contribution in [3.05, 3.63) is 41.6 Å². The number of furan rings is 1. The molecule has 0 bridgehead atoms. The quantitative estimate of drug-likeness (QED) is 0.936. The van der Waals surface area contributed by atoms with E-state index in [4.69, 9.17) is 4.42 Å². The first-order valence-corrected chi connectivity index (χ1v) is 6.69. The molecule has 2 aromatic rings. The van der Waals surface area contributed by atoms with Crippen LogP contribution < -0.4 is 5.32 Å². The zero-order valence-electron chi connectivity index (χ0n) is 12.6. The molecule has 0 unspecified atom stereocenters. The number of hydrogen-bond acceptors (Lipinski definition) is 3. The van der Waals surface area contributed by atoms with Crippen LogP contribution in [0.5, 0.6) is 0 Å². The van der Waals surface area contributed by atoms with E-state index in [0.29, 0.717) is 5.56 Å². The predicted molar refractivity (Wildman–Crippen MR) is 76.5 cm³/mol. The molecule has 0 fully saturated rings. The third-order valence-corrected chi connectivity index (χ3v) is 3.22. The molecule has 2 heterocycles. The fraction of sp³-hybridized carbons (Fsp3) is 0.467. The molecule has 0 saturated heterocycles. The van der Waals surface area contributed by atoms with Crippen LogP contribution in [0.2, 0.25) is 0 Å². The second-order valence-corrected chi connectivity index (χ2v) is 5.99. The molecular weight excluding hydrogens is 254 g/mol. The van der Waals surface area contributed by atoms with Crippen LogP contribution in [0.4, 0.5) is 0 Å². The van der Waals surface area contributed by atoms with Crippen LogP contribution in [0.1, 0.15) is 55.4 Å². The van der Waals surface area contributed by atoms with Crippen LogP contribution in [0.15, 0.2) is 29.2 Å². The lowest BCUT2D eigenvalue weighted by Gasteiger charge is -2.19. The molecule has 0 radical (unpaired) electrons. The van der Waals surface area contributed by atoms with Gasteiger partial charge in [-0.1, -0.05) is 0 Å². The summed E-state index contributed by atoms with van der Waals surface area (Å²) in [5, 5.41) is 7.47. The van der Waals surface area contributed by atoms with Crippen molar-refractivity contribution in [2.45, 2.75) is 46.2 Å². The molecule has 20 heavy (non-hydrogen) atoms. The van der Waals surface area contributed by atoms with Crippen LogP contribution >= 0.6 is 0 Å². The Morgan fingerprint density at radius 3 is 2.65 bits per heavy atom. The lowest BCUT2D eigenvalue weighted by molar-refractivity contribution is 0.0939. The van der Waals surface area contributed by atoms with Crippen molar-refractivity contribution in [2.24, 2.45) is 0 Å². The number of carbonyl (C=O) groups is 1. The van der Waals surface area contributed by atoms with E-state index in [0.717, 1.165) is 11.3 Å². The number of nitrogens with one attached hydrogen (secondary N) is 1. The third kappa shape index (κ3) is 2.92. The number of aromatic nitrogens is 2. The zero-order valence-corrected chi connectivity index (χ0v) is 12.6. The highest BCUT2D eigenvalue weighted by molar-refractivity contribution is 5.94. The summed E-state index contributed by atoms with van der Waals surface area (Å²) in [5.41, 5.74) is 2.41. The first kappa shape index (κ1) is 14.4. The van der Waals surface area contributed by atoms with E-state index in [1.807, 2.05) is 24.7 Å². The lowest BCUT2D eigenvalue weighted by atomic mass is 10.1. The minimum absolute atomic E-state index is 0.0721. The van der Waals surface area contributed by atoms with Gasteiger partial charge in [-0.05, 0) is 40.7 Å². The maximum Gasteiger partial charge on any atom is 0.255 e. The Morgan fingerprint density at radius 2 is 2.15 bits per heavy atom. The minimum atomic E-state index is -0.144. The van der Waals surface area contributed by atoms with E-state index in [2.05, 4.69) is 31.2 Å². The maximum atomic E-state index is 12.0. The predicted octanol–water partition coefficient (Wildman–Crippen LogP) is 3.03. The number of hydrogen-bond donors (Lipinski definition) is 1. The van der Waals surface area contributed by atoms with Gasteiger partial charge < -0.3 is 9.73 Å². The van der Waals surface area contributed by atoms with Crippen molar-refractivity contribution in [1.82, 2.24) is 15.1 Å². The molecule has 0 aliphatic rings. The van der Waals surface area contributed by atoms with Gasteiger partial charge in [-0.2, -0.15) is 5.10 Å². The Labute approximate surface area is 119 Å². The Bertz CT molecular complexity index is 591. The summed E-state index contributed by atoms with van der Waals surface area (Å²) in [6, 6.07) is 1.54. The largest absolute Gasteiger partial charge is 0.472 e. The van der Waals surface area contributed by atoms with E-state index in [1.54, 1.807) is 6.07 Å². The van der Waals surface area contributed by atoms with Crippen molar-refractivity contribution in [3.63, 3.8) is 0 Å². The van der Waals surface area contributed by atoms with Crippen molar-refractivity contribution in [1.29, 1.82) is 0 Å². The van der Waals surface area contributed by atoms with Gasteiger partial charge in [-0.3, -0.25) is 9.48 Å². The van der Waals surface area contributed by atoms with Gasteiger partial charge in [0.05, 0.1) is 29.1 Å². The fourth-order valence-electron chi connectivity index (χ4n) is 1.99. The topological polar surface area (TPSA) is 60.1 Å². The molecule has 0 aliphatic heterocycles. The first-order chi connectivity index (χ1) is 9.29. The van der Waals surface area contributed by atoms with Gasteiger partial charge >= 0.3 is 0 Å². The number of nitrogens with zero attached hydrogens (tertiary/aromatic N) is 2. The van der Waals surface area contributed by atoms with E-state index in [9.17, 15) is 4.79 Å². The van der Waals surface area contributed by atoms with Gasteiger partial charge in [0.2, 0.25) is 0 Å². The highest BCUT2D eigenvalue weighted by Gasteiger charge is 2.20. The van der Waals surface area contributed by atoms with E-state index in [-0.39, 0.29) is 17.5 Å². The van der Waals surface area contributed by atoms with Crippen molar-refractivity contribution in [3.8, 4) is 0 Å². The SMILES string of the molecule is Cc1nn(C(C)(C)C)cc1[C@H](C)NC(=O)c1ccoc1. The second kappa shape index (κ2) is 5.15. The van der Waals surface area contributed by atoms with Crippen LogP contribution in [-0.4, -0.2) is 15.7 Å². The molecule has 0 aliphatic carbocycles. The number of rotatable bonds is 3. The van der Waals surface area contributed by atoms with Gasteiger partial charge in [0.15, 0.2) is 0 Å². The average Bonchev–Trinajstić information content (AvgIpc) is 2.95. The lowest BCUT2D eigenvalue weighted by Crippen LogP contribution is -2.26. The van der Waals surface area contributed by atoms with Crippen LogP contribution in [-0.2, 0) is 5.54 Å². The van der Waals surface area contributed by atoms with Crippen LogP contribution in [0.3, 0.4) is 0 Å². The summed E-state index contributed by atoms with van der Waals surface area (Å²) in [6.07, 6.45) is 4.92. The Balaban J connectivity index is 2.15. The van der Waals surface area contributed by atoms with Crippen LogP contribution in [0.25, 0.3) is 0 Å². The van der Waals surface area contributed by atoms with Crippen molar-refractivity contribution in [2.75, 3.05) is 0 Å². The molecule has 5 nitrogen and oxygen atoms in total. The highest BCUT2D eigenvalue weighted by atomic mass is 16.3. The summed E-state index contributed by atoms with van der Waals surface area (Å²) >= 11 is 0. The number of amides is 1. The average molecular weight is 275 g/mol. The Morgan fingerprint density at radius 1 is 1.45 bits per heavy atom. The molecular formula is C15H21N3O2. The highest BCUT2D eigenvalue weighted by Crippen LogP contribution is 2.21. The second-order valence-electron chi connectivity index (χ2n) is 5.99. The molecule has 2 rings (SSSR count). The molecule has 1 amide bonds. The summed E-state index contributed by atoms with van der Waals surface area (Å²) in [5.74, 6) is -0.144. The molecule has 0 saturated carbocycles. The minimum Gasteiger partial charge on any atom is -0.472 e. The van der Waals surface area contributed by atoms with E-state index < -0.39 is 0 Å². The van der Waals surface area contributed by atoms with Gasteiger partial charge in [0.25, 0.3) is 5.91 Å². The van der Waals surface area contributed by atoms with Crippen molar-refractivity contribution < 1.29 is 9.21 Å². The Kier molecular flexibility index (Phi) is 3.70. The summed E-state index contributed by atoms with van der Waals surface area (Å²) in [7, 11) is 0. The molecule has 5 heteroatoms. The smallest absolute Gasteiger partial charge is 0.255 e. The van der Waals surface area contributed by atoms with Gasteiger partial charge in [-0.25, -0.2) is 0 Å². The van der Waals surface area contributed by atoms with Gasteiger partial charge in [0.1, 0.15) is 6.26 Å². The van der Waals surface area contributed by atoms with Gasteiger partial charge in [-0.15, -0.1) is 0 Å². The standard InChI is InChI=1S/C15H21N3O2/c1-10(16-14(19)12-6-7-20-9-12)13-8-18(15(3,4)5)17-11(13)2/h6-10H,1-5H3,(H,16,19)/t10-/m0/s1. The number of aryl methyl sites for hydroxylation is 1. The van der Waals surface area contributed by atoms with E-state index >= 15 is 0 Å². The first-order valence-electron chi connectivity index (χ1n) is 6.69. The monoisotopic (exact) mass is 275 g/mol. The van der Waals surface area contributed by atoms with E-state index in [1.165, 1.54) is 12.5 Å². The number of carbonyl (C=O) groups excluding carboxylic acids is 1. The molecule has 1 atom stereocenters. The molecule has 0 spiro atoms. The van der Waals surface area contributed by atoms with Crippen molar-refractivity contribution >= 4 is 5.91 Å². The summed E-state index contributed by atoms with van der Waals surface area (Å²) < 4.78 is 6.85. The zero-order chi connectivity index (χ0) is 14.9. The van der Waals surface area contributed by atoms with Crippen LogP contribution in [0, 0.1) is 6.92 Å². The molecule has 0 aromatic carbocycles. The molecule has 2 aromatic heterocycles. The van der Waals surface area contributed by atoms with Gasteiger partial charge in [0, 0.05) is 11.8 Å². The molecule has 108 valence electrons. The summed E-state index contributed by atoms with van der Waals surface area (Å²) in [4.78, 5) is 12.0. The fourth-order valence-corrected chi connectivity index (χ4v) is 1.99. The third-order valence-electron chi connectivity index (χ3n) is 3.22. The Hall–Kier alpha value is -2.04. The maximum absolute atomic E-state index is 12.0. The summed E-state index contributed by atoms with van der Waals surface area (Å²) in [6.45, 7) is 10.2.